The standard InChI is InChI=1S/C18H16N4O4/c23-15(19-16(18(25)26)12-6-2-1-3-7-12)10-11-22-17(24)13-8-4-5-9-14(13)20-21-22/h1-9,16H,10-11H2,(H,19,23)(H,25,26)/p-1/t16-/m0/s1. The highest BCUT2D eigenvalue weighted by Gasteiger charge is 2.16. The Balaban J connectivity index is 1.70. The first-order valence-corrected chi connectivity index (χ1v) is 7.94. The molecule has 1 amide bonds. The van der Waals surface area contributed by atoms with Gasteiger partial charge >= 0.3 is 0 Å². The van der Waals surface area contributed by atoms with Gasteiger partial charge in [-0.3, -0.25) is 9.59 Å². The van der Waals surface area contributed by atoms with E-state index in [4.69, 9.17) is 0 Å². The maximum atomic E-state index is 12.3. The highest BCUT2D eigenvalue weighted by atomic mass is 16.4. The fourth-order valence-corrected chi connectivity index (χ4v) is 2.53. The third kappa shape index (κ3) is 3.75. The number of carboxylic acids is 1. The molecule has 132 valence electrons. The van der Waals surface area contributed by atoms with Crippen molar-refractivity contribution < 1.29 is 14.7 Å². The van der Waals surface area contributed by atoms with E-state index in [-0.39, 0.29) is 18.5 Å². The summed E-state index contributed by atoms with van der Waals surface area (Å²) in [6, 6.07) is 13.7. The quantitative estimate of drug-likeness (QED) is 0.657. The molecule has 0 saturated carbocycles. The van der Waals surface area contributed by atoms with E-state index < -0.39 is 17.9 Å². The van der Waals surface area contributed by atoms with Crippen LogP contribution in [-0.2, 0) is 16.1 Å². The van der Waals surface area contributed by atoms with Gasteiger partial charge < -0.3 is 15.2 Å². The van der Waals surface area contributed by atoms with Crippen LogP contribution >= 0.6 is 0 Å². The van der Waals surface area contributed by atoms with Gasteiger partial charge in [-0.2, -0.15) is 0 Å². The van der Waals surface area contributed by atoms with Gasteiger partial charge in [-0.25, -0.2) is 4.68 Å². The second kappa shape index (κ2) is 7.56. The number of benzene rings is 2. The molecule has 0 aliphatic heterocycles. The maximum Gasteiger partial charge on any atom is 0.277 e. The number of aryl methyl sites for hydroxylation is 1. The molecule has 0 unspecified atom stereocenters. The summed E-state index contributed by atoms with van der Waals surface area (Å²) in [7, 11) is 0. The van der Waals surface area contributed by atoms with E-state index in [1.165, 1.54) is 0 Å². The zero-order chi connectivity index (χ0) is 18.5. The average molecular weight is 351 g/mol. The molecule has 8 nitrogen and oxygen atoms in total. The highest BCUT2D eigenvalue weighted by Crippen LogP contribution is 2.12. The Morgan fingerprint density at radius 2 is 1.77 bits per heavy atom. The summed E-state index contributed by atoms with van der Waals surface area (Å²) in [6.45, 7) is -0.0168. The van der Waals surface area contributed by atoms with Crippen molar-refractivity contribution in [1.82, 2.24) is 20.3 Å². The van der Waals surface area contributed by atoms with Crippen LogP contribution in [0.5, 0.6) is 0 Å². The molecule has 1 atom stereocenters. The van der Waals surface area contributed by atoms with Crippen molar-refractivity contribution in [3.8, 4) is 0 Å². The average Bonchev–Trinajstić information content (AvgIpc) is 2.66. The van der Waals surface area contributed by atoms with Crippen molar-refractivity contribution in [2.75, 3.05) is 0 Å². The van der Waals surface area contributed by atoms with E-state index in [1.807, 2.05) is 0 Å². The molecule has 0 aliphatic carbocycles. The van der Waals surface area contributed by atoms with Gasteiger partial charge in [0.15, 0.2) is 0 Å². The Morgan fingerprint density at radius 1 is 1.08 bits per heavy atom. The minimum Gasteiger partial charge on any atom is -0.548 e. The highest BCUT2D eigenvalue weighted by molar-refractivity contribution is 5.83. The number of fused-ring (bicyclic) bond motifs is 1. The first kappa shape index (κ1) is 17.3. The van der Waals surface area contributed by atoms with Crippen LogP contribution < -0.4 is 16.0 Å². The lowest BCUT2D eigenvalue weighted by Crippen LogP contribution is -2.41. The number of carbonyl (C=O) groups excluding carboxylic acids is 2. The van der Waals surface area contributed by atoms with Crippen LogP contribution in [0.1, 0.15) is 18.0 Å². The Labute approximate surface area is 148 Å². The Kier molecular flexibility index (Phi) is 5.02. The molecule has 2 aromatic carbocycles. The molecule has 1 aromatic heterocycles. The number of amides is 1. The Bertz CT molecular complexity index is 1000. The monoisotopic (exact) mass is 351 g/mol. The van der Waals surface area contributed by atoms with Crippen LogP contribution in [0, 0.1) is 0 Å². The Hall–Kier alpha value is -3.55. The predicted molar refractivity (Wildman–Crippen MR) is 90.7 cm³/mol. The van der Waals surface area contributed by atoms with E-state index >= 15 is 0 Å². The molecule has 1 N–H and O–H groups in total. The van der Waals surface area contributed by atoms with Crippen molar-refractivity contribution in [2.45, 2.75) is 19.0 Å². The summed E-state index contributed by atoms with van der Waals surface area (Å²) in [4.78, 5) is 35.7. The number of hydrogen-bond acceptors (Lipinski definition) is 6. The van der Waals surface area contributed by atoms with Gasteiger partial charge in [0.25, 0.3) is 5.56 Å². The van der Waals surface area contributed by atoms with Gasteiger partial charge in [-0.1, -0.05) is 47.7 Å². The molecule has 0 bridgehead atoms. The minimum atomic E-state index is -1.41. The maximum absolute atomic E-state index is 12.3. The molecular weight excluding hydrogens is 336 g/mol. The van der Waals surface area contributed by atoms with Crippen LogP contribution in [0.25, 0.3) is 10.9 Å². The third-order valence-corrected chi connectivity index (χ3v) is 3.85. The molecule has 26 heavy (non-hydrogen) atoms. The van der Waals surface area contributed by atoms with Gasteiger partial charge in [0.1, 0.15) is 5.52 Å². The van der Waals surface area contributed by atoms with Gasteiger partial charge in [0.05, 0.1) is 23.9 Å². The fourth-order valence-electron chi connectivity index (χ4n) is 2.53. The topological polar surface area (TPSA) is 117 Å². The first-order chi connectivity index (χ1) is 12.6. The normalized spacial score (nSPS) is 11.8. The van der Waals surface area contributed by atoms with E-state index in [0.717, 1.165) is 4.68 Å². The SMILES string of the molecule is O=C(CCn1nnc2ccccc2c1=O)N[C@H](C(=O)[O-])c1ccccc1. The number of carbonyl (C=O) groups is 2. The number of nitrogens with zero attached hydrogens (tertiary/aromatic N) is 3. The van der Waals surface area contributed by atoms with Crippen molar-refractivity contribution in [2.24, 2.45) is 0 Å². The van der Waals surface area contributed by atoms with Crippen LogP contribution in [0.3, 0.4) is 0 Å². The second-order valence-electron chi connectivity index (χ2n) is 5.62. The number of carboxylic acid groups (broad SMARTS) is 1. The second-order valence-corrected chi connectivity index (χ2v) is 5.62. The molecule has 8 heteroatoms. The first-order valence-electron chi connectivity index (χ1n) is 7.94. The molecule has 0 aliphatic rings. The van der Waals surface area contributed by atoms with Crippen LogP contribution in [0.2, 0.25) is 0 Å². The fraction of sp³-hybridized carbons (Fsp3) is 0.167. The summed E-state index contributed by atoms with van der Waals surface area (Å²) in [6.07, 6.45) is -0.121. The molecule has 0 radical (unpaired) electrons. The van der Waals surface area contributed by atoms with Crippen molar-refractivity contribution in [3.05, 3.63) is 70.5 Å². The molecule has 0 fully saturated rings. The lowest BCUT2D eigenvalue weighted by Gasteiger charge is -2.20. The van der Waals surface area contributed by atoms with E-state index in [1.54, 1.807) is 54.6 Å². The summed E-state index contributed by atoms with van der Waals surface area (Å²) in [5, 5.41) is 21.8. The lowest BCUT2D eigenvalue weighted by atomic mass is 10.1. The number of rotatable bonds is 6. The summed E-state index contributed by atoms with van der Waals surface area (Å²) in [5.74, 6) is -1.95. The summed E-state index contributed by atoms with van der Waals surface area (Å²) >= 11 is 0. The number of aromatic nitrogens is 3. The number of aliphatic carboxylic acids is 1. The zero-order valence-electron chi connectivity index (χ0n) is 13.7. The van der Waals surface area contributed by atoms with E-state index in [2.05, 4.69) is 15.6 Å². The van der Waals surface area contributed by atoms with E-state index in [0.29, 0.717) is 16.5 Å². The van der Waals surface area contributed by atoms with E-state index in [9.17, 15) is 19.5 Å². The molecule has 0 saturated heterocycles. The predicted octanol–water partition coefficient (Wildman–Crippen LogP) is -0.211. The largest absolute Gasteiger partial charge is 0.548 e. The molecule has 1 heterocycles. The van der Waals surface area contributed by atoms with Gasteiger partial charge in [0.2, 0.25) is 5.91 Å². The lowest BCUT2D eigenvalue weighted by molar-refractivity contribution is -0.308. The summed E-state index contributed by atoms with van der Waals surface area (Å²) in [5.41, 5.74) is 0.519. The molecule has 3 rings (SSSR count). The van der Waals surface area contributed by atoms with Gasteiger partial charge in [0, 0.05) is 6.42 Å². The third-order valence-electron chi connectivity index (χ3n) is 3.85. The number of nitrogens with one attached hydrogen (secondary N) is 1. The minimum absolute atomic E-state index is 0.0168. The molecular formula is C18H15N4O4-. The number of hydrogen-bond donors (Lipinski definition) is 1. The van der Waals surface area contributed by atoms with Crippen LogP contribution in [-0.4, -0.2) is 26.9 Å². The molecule has 0 spiro atoms. The zero-order valence-corrected chi connectivity index (χ0v) is 13.7. The van der Waals surface area contributed by atoms with Crippen LogP contribution in [0.15, 0.2) is 59.4 Å². The Morgan fingerprint density at radius 3 is 2.50 bits per heavy atom. The van der Waals surface area contributed by atoms with Crippen molar-refractivity contribution >= 4 is 22.8 Å². The van der Waals surface area contributed by atoms with Crippen LogP contribution in [0.4, 0.5) is 0 Å². The molecule has 3 aromatic rings. The van der Waals surface area contributed by atoms with Gasteiger partial charge in [-0.05, 0) is 17.7 Å². The smallest absolute Gasteiger partial charge is 0.277 e. The van der Waals surface area contributed by atoms with Gasteiger partial charge in [-0.15, -0.1) is 5.10 Å². The van der Waals surface area contributed by atoms with Crippen molar-refractivity contribution in [3.63, 3.8) is 0 Å². The van der Waals surface area contributed by atoms with Crippen molar-refractivity contribution in [1.29, 1.82) is 0 Å². The summed E-state index contributed by atoms with van der Waals surface area (Å²) < 4.78 is 1.08.